The normalized spacial score (nSPS) is 18.2. The van der Waals surface area contributed by atoms with Crippen LogP contribution in [0.15, 0.2) is 53.5 Å². The van der Waals surface area contributed by atoms with Gasteiger partial charge < -0.3 is 10.4 Å². The molecular formula is C19H16ClN3O4S. The molecular weight excluding hydrogens is 402 g/mol. The second-order valence-corrected chi connectivity index (χ2v) is 7.61. The Hall–Kier alpha value is -2.84. The number of thioether (sulfide) groups is 1. The summed E-state index contributed by atoms with van der Waals surface area (Å²) in [4.78, 5) is 41.7. The van der Waals surface area contributed by atoms with Gasteiger partial charge in [-0.2, -0.15) is 0 Å². The van der Waals surface area contributed by atoms with Crippen LogP contribution in [0.2, 0.25) is 5.02 Å². The van der Waals surface area contributed by atoms with Crippen molar-refractivity contribution >= 4 is 57.7 Å². The monoisotopic (exact) mass is 417 g/mol. The molecule has 1 heterocycles. The number of carboxylic acid groups (broad SMARTS) is 1. The third-order valence-electron chi connectivity index (χ3n) is 4.01. The number of nitrogens with one attached hydrogen (secondary N) is 1. The van der Waals surface area contributed by atoms with E-state index in [1.54, 1.807) is 31.3 Å². The minimum absolute atomic E-state index is 0.0415. The van der Waals surface area contributed by atoms with Crippen LogP contribution in [0.3, 0.4) is 0 Å². The van der Waals surface area contributed by atoms with Crippen molar-refractivity contribution in [3.63, 3.8) is 0 Å². The Morgan fingerprint density at radius 2 is 1.82 bits per heavy atom. The predicted molar refractivity (Wildman–Crippen MR) is 109 cm³/mol. The Morgan fingerprint density at radius 1 is 1.18 bits per heavy atom. The molecule has 0 radical (unpaired) electrons. The molecule has 2 aromatic carbocycles. The average molecular weight is 418 g/mol. The number of aliphatic imine (C=N–C) groups is 1. The van der Waals surface area contributed by atoms with Gasteiger partial charge in [-0.15, -0.1) is 0 Å². The Balaban J connectivity index is 1.74. The molecule has 7 nitrogen and oxygen atoms in total. The van der Waals surface area contributed by atoms with Gasteiger partial charge in [0, 0.05) is 24.2 Å². The summed E-state index contributed by atoms with van der Waals surface area (Å²) in [5.74, 6) is -1.61. The Kier molecular flexibility index (Phi) is 6.01. The number of carboxylic acids is 1. The van der Waals surface area contributed by atoms with Crippen molar-refractivity contribution in [2.75, 3.05) is 12.4 Å². The second kappa shape index (κ2) is 8.45. The minimum atomic E-state index is -1.04. The highest BCUT2D eigenvalue weighted by Crippen LogP contribution is 2.29. The lowest BCUT2D eigenvalue weighted by atomic mass is 10.2. The molecule has 144 valence electrons. The molecule has 9 heteroatoms. The second-order valence-electron chi connectivity index (χ2n) is 6.01. The van der Waals surface area contributed by atoms with Crippen molar-refractivity contribution in [2.45, 2.75) is 11.7 Å². The number of halogens is 1. The topological polar surface area (TPSA) is 99.1 Å². The highest BCUT2D eigenvalue weighted by molar-refractivity contribution is 8.15. The summed E-state index contributed by atoms with van der Waals surface area (Å²) in [6, 6.07) is 12.7. The average Bonchev–Trinajstić information content (AvgIpc) is 2.67. The molecule has 2 aromatic rings. The van der Waals surface area contributed by atoms with Crippen molar-refractivity contribution in [3.8, 4) is 0 Å². The van der Waals surface area contributed by atoms with Gasteiger partial charge in [0.2, 0.25) is 11.8 Å². The first kappa shape index (κ1) is 19.9. The van der Waals surface area contributed by atoms with Crippen LogP contribution in [0.1, 0.15) is 16.8 Å². The zero-order valence-electron chi connectivity index (χ0n) is 14.8. The number of carbonyl (C=O) groups is 3. The number of amidine groups is 1. The van der Waals surface area contributed by atoms with Crippen LogP contribution in [-0.4, -0.2) is 45.3 Å². The van der Waals surface area contributed by atoms with Gasteiger partial charge in [-0.3, -0.25) is 14.5 Å². The number of aromatic carboxylic acids is 1. The zero-order chi connectivity index (χ0) is 20.3. The van der Waals surface area contributed by atoms with E-state index < -0.39 is 11.2 Å². The molecule has 2 N–H and O–H groups in total. The Labute approximate surface area is 170 Å². The fourth-order valence-corrected chi connectivity index (χ4v) is 3.63. The molecule has 0 aliphatic carbocycles. The van der Waals surface area contributed by atoms with Crippen molar-refractivity contribution < 1.29 is 19.5 Å². The highest BCUT2D eigenvalue weighted by Gasteiger charge is 2.34. The molecule has 1 atom stereocenters. The molecule has 2 amide bonds. The van der Waals surface area contributed by atoms with Crippen molar-refractivity contribution in [2.24, 2.45) is 4.99 Å². The van der Waals surface area contributed by atoms with Gasteiger partial charge in [0.05, 0.1) is 11.3 Å². The fourth-order valence-electron chi connectivity index (χ4n) is 2.44. The Bertz CT molecular complexity index is 945. The first-order valence-corrected chi connectivity index (χ1v) is 9.51. The van der Waals surface area contributed by atoms with Gasteiger partial charge in [0.25, 0.3) is 0 Å². The molecule has 3 rings (SSSR count). The van der Waals surface area contributed by atoms with E-state index in [2.05, 4.69) is 10.3 Å². The maximum absolute atomic E-state index is 12.6. The summed E-state index contributed by atoms with van der Waals surface area (Å²) in [6.45, 7) is 0. The lowest BCUT2D eigenvalue weighted by Crippen LogP contribution is -2.43. The number of amides is 2. The van der Waals surface area contributed by atoms with E-state index in [-0.39, 0.29) is 23.8 Å². The van der Waals surface area contributed by atoms with Crippen molar-refractivity contribution in [3.05, 3.63) is 59.1 Å². The lowest BCUT2D eigenvalue weighted by Gasteiger charge is -2.28. The van der Waals surface area contributed by atoms with Gasteiger partial charge in [-0.1, -0.05) is 23.4 Å². The van der Waals surface area contributed by atoms with Crippen LogP contribution in [0, 0.1) is 0 Å². The number of nitrogens with zero attached hydrogens (tertiary/aromatic N) is 2. The van der Waals surface area contributed by atoms with Gasteiger partial charge in [0.15, 0.2) is 5.17 Å². The summed E-state index contributed by atoms with van der Waals surface area (Å²) in [7, 11) is 1.61. The lowest BCUT2D eigenvalue weighted by molar-refractivity contribution is -0.128. The molecule has 0 unspecified atom stereocenters. The quantitative estimate of drug-likeness (QED) is 0.791. The molecule has 1 saturated heterocycles. The summed E-state index contributed by atoms with van der Waals surface area (Å²) in [5, 5.41) is 12.0. The molecule has 1 fully saturated rings. The maximum atomic E-state index is 12.6. The molecule has 0 saturated carbocycles. The van der Waals surface area contributed by atoms with Gasteiger partial charge in [-0.05, 0) is 48.5 Å². The number of carbonyl (C=O) groups excluding carboxylic acids is 2. The largest absolute Gasteiger partial charge is 0.478 e. The summed E-state index contributed by atoms with van der Waals surface area (Å²) in [6.07, 6.45) is 0.0415. The SMILES string of the molecule is CN1C(=O)C[C@H](C(=O)Nc2ccc(C(=O)O)cc2)SC1=Nc1ccc(Cl)cc1. The van der Waals surface area contributed by atoms with Gasteiger partial charge in [0.1, 0.15) is 5.25 Å². The van der Waals surface area contributed by atoms with E-state index >= 15 is 0 Å². The fraction of sp³-hybridized carbons (Fsp3) is 0.158. The van der Waals surface area contributed by atoms with E-state index in [1.807, 2.05) is 0 Å². The van der Waals surface area contributed by atoms with Crippen molar-refractivity contribution in [1.29, 1.82) is 0 Å². The van der Waals surface area contributed by atoms with E-state index in [9.17, 15) is 14.4 Å². The van der Waals surface area contributed by atoms with Crippen LogP contribution in [0.4, 0.5) is 11.4 Å². The first-order valence-electron chi connectivity index (χ1n) is 8.25. The van der Waals surface area contributed by atoms with Crippen LogP contribution in [0.25, 0.3) is 0 Å². The predicted octanol–water partition coefficient (Wildman–Crippen LogP) is 3.63. The van der Waals surface area contributed by atoms with Crippen LogP contribution in [0.5, 0.6) is 0 Å². The number of hydrogen-bond donors (Lipinski definition) is 2. The number of rotatable bonds is 4. The first-order chi connectivity index (χ1) is 13.3. The van der Waals surface area contributed by atoms with Crippen molar-refractivity contribution in [1.82, 2.24) is 4.90 Å². The van der Waals surface area contributed by atoms with Crippen LogP contribution >= 0.6 is 23.4 Å². The van der Waals surface area contributed by atoms with Gasteiger partial charge >= 0.3 is 5.97 Å². The summed E-state index contributed by atoms with van der Waals surface area (Å²) >= 11 is 7.07. The van der Waals surface area contributed by atoms with E-state index in [0.29, 0.717) is 21.6 Å². The van der Waals surface area contributed by atoms with Crippen LogP contribution < -0.4 is 5.32 Å². The maximum Gasteiger partial charge on any atom is 0.335 e. The minimum Gasteiger partial charge on any atom is -0.478 e. The molecule has 0 spiro atoms. The standard InChI is InChI=1S/C19H16ClN3O4S/c1-23-16(24)10-15(28-19(23)22-14-8-4-12(20)5-9-14)17(25)21-13-6-2-11(3-7-13)18(26)27/h2-9,15H,10H2,1H3,(H,21,25)(H,26,27)/t15-/m1/s1. The van der Waals surface area contributed by atoms with Crippen LogP contribution in [-0.2, 0) is 9.59 Å². The highest BCUT2D eigenvalue weighted by atomic mass is 35.5. The zero-order valence-corrected chi connectivity index (χ0v) is 16.3. The molecule has 28 heavy (non-hydrogen) atoms. The smallest absolute Gasteiger partial charge is 0.335 e. The number of hydrogen-bond acceptors (Lipinski definition) is 5. The molecule has 0 aromatic heterocycles. The van der Waals surface area contributed by atoms with E-state index in [0.717, 1.165) is 0 Å². The molecule has 1 aliphatic rings. The third kappa shape index (κ3) is 4.71. The summed E-state index contributed by atoms with van der Waals surface area (Å²) < 4.78 is 0. The van der Waals surface area contributed by atoms with Gasteiger partial charge in [-0.25, -0.2) is 9.79 Å². The number of benzene rings is 2. The third-order valence-corrected chi connectivity index (χ3v) is 5.51. The number of anilines is 1. The van der Waals surface area contributed by atoms with E-state index in [4.69, 9.17) is 16.7 Å². The summed E-state index contributed by atoms with van der Waals surface area (Å²) in [5.41, 5.74) is 1.20. The Morgan fingerprint density at radius 3 is 2.43 bits per heavy atom. The molecule has 1 aliphatic heterocycles. The molecule has 0 bridgehead atoms. The van der Waals surface area contributed by atoms with E-state index in [1.165, 1.54) is 40.9 Å².